The fourth-order valence-electron chi connectivity index (χ4n) is 1.90. The van der Waals surface area contributed by atoms with Crippen molar-refractivity contribution in [3.8, 4) is 0 Å². The number of aromatic amines is 1. The summed E-state index contributed by atoms with van der Waals surface area (Å²) >= 11 is 0. The zero-order valence-corrected chi connectivity index (χ0v) is 11.0. The Hall–Kier alpha value is -2.43. The Kier molecular flexibility index (Phi) is 4.30. The molecule has 0 saturated heterocycles. The van der Waals surface area contributed by atoms with Gasteiger partial charge in [-0.05, 0) is 31.0 Å². The fraction of sp³-hybridized carbons (Fsp3) is 0.200. The molecule has 1 atom stereocenters. The molecule has 0 aliphatic carbocycles. The molecule has 1 aromatic heterocycles. The van der Waals surface area contributed by atoms with Gasteiger partial charge in [0.25, 0.3) is 5.91 Å². The van der Waals surface area contributed by atoms with Gasteiger partial charge in [0, 0.05) is 18.3 Å². The third-order valence-corrected chi connectivity index (χ3v) is 2.91. The summed E-state index contributed by atoms with van der Waals surface area (Å²) in [6.45, 7) is 1.80. The van der Waals surface area contributed by atoms with E-state index in [2.05, 4.69) is 10.3 Å². The van der Waals surface area contributed by atoms with E-state index in [0.717, 1.165) is 0 Å². The van der Waals surface area contributed by atoms with Crippen LogP contribution in [0.2, 0.25) is 0 Å². The Morgan fingerprint density at radius 2 is 2.05 bits per heavy atom. The van der Waals surface area contributed by atoms with E-state index in [1.54, 1.807) is 25.1 Å². The van der Waals surface area contributed by atoms with Gasteiger partial charge in [-0.3, -0.25) is 9.59 Å². The number of aromatic nitrogens is 1. The van der Waals surface area contributed by atoms with Crippen LogP contribution in [0.3, 0.4) is 0 Å². The first-order valence-electron chi connectivity index (χ1n) is 6.29. The number of nitrogens with one attached hydrogen (secondary N) is 2. The fourth-order valence-corrected chi connectivity index (χ4v) is 1.90. The van der Waals surface area contributed by atoms with Crippen molar-refractivity contribution in [1.29, 1.82) is 0 Å². The molecule has 0 aliphatic heterocycles. The minimum Gasteiger partial charge on any atom is -0.349 e. The minimum atomic E-state index is -0.301. The van der Waals surface area contributed by atoms with E-state index >= 15 is 0 Å². The summed E-state index contributed by atoms with van der Waals surface area (Å²) in [5, 5.41) is 2.76. The van der Waals surface area contributed by atoms with Crippen LogP contribution >= 0.6 is 0 Å². The lowest BCUT2D eigenvalue weighted by Crippen LogP contribution is -2.34. The van der Waals surface area contributed by atoms with Gasteiger partial charge in [-0.15, -0.1) is 0 Å². The molecule has 1 amide bonds. The molecule has 0 fully saturated rings. The first-order valence-corrected chi connectivity index (χ1v) is 6.29. The Balaban J connectivity index is 1.99. The van der Waals surface area contributed by atoms with Crippen molar-refractivity contribution in [2.45, 2.75) is 19.4 Å². The van der Waals surface area contributed by atoms with Crippen LogP contribution < -0.4 is 10.9 Å². The van der Waals surface area contributed by atoms with Crippen LogP contribution in [0.25, 0.3) is 0 Å². The first kappa shape index (κ1) is 14.0. The molecule has 5 heteroatoms. The number of hydrogen-bond acceptors (Lipinski definition) is 2. The van der Waals surface area contributed by atoms with Gasteiger partial charge < -0.3 is 10.3 Å². The van der Waals surface area contributed by atoms with Crippen LogP contribution in [0.15, 0.2) is 47.4 Å². The molecule has 0 radical (unpaired) electrons. The summed E-state index contributed by atoms with van der Waals surface area (Å²) in [4.78, 5) is 25.3. The number of pyridine rings is 1. The molecule has 0 aliphatic rings. The number of carbonyl (C=O) groups excluding carboxylic acids is 1. The van der Waals surface area contributed by atoms with Crippen molar-refractivity contribution in [2.75, 3.05) is 0 Å². The number of carbonyl (C=O) groups is 1. The number of amides is 1. The van der Waals surface area contributed by atoms with Crippen molar-refractivity contribution in [3.05, 3.63) is 69.9 Å². The number of rotatable bonds is 4. The van der Waals surface area contributed by atoms with Crippen LogP contribution in [0, 0.1) is 5.82 Å². The summed E-state index contributed by atoms with van der Waals surface area (Å²) in [6, 6.07) is 8.99. The third-order valence-electron chi connectivity index (χ3n) is 2.91. The Labute approximate surface area is 115 Å². The zero-order valence-electron chi connectivity index (χ0n) is 11.0. The number of benzene rings is 1. The predicted molar refractivity (Wildman–Crippen MR) is 74.1 cm³/mol. The minimum absolute atomic E-state index is 0.216. The summed E-state index contributed by atoms with van der Waals surface area (Å²) in [7, 11) is 0. The summed E-state index contributed by atoms with van der Waals surface area (Å²) < 4.78 is 13.5. The van der Waals surface area contributed by atoms with Gasteiger partial charge in [0.05, 0.1) is 5.56 Å². The summed E-state index contributed by atoms with van der Waals surface area (Å²) in [5.41, 5.74) is 0.660. The normalized spacial score (nSPS) is 11.9. The smallest absolute Gasteiger partial charge is 0.252 e. The number of halogens is 1. The van der Waals surface area contributed by atoms with Crippen LogP contribution in [-0.2, 0) is 6.42 Å². The van der Waals surface area contributed by atoms with Crippen LogP contribution in [0.1, 0.15) is 22.8 Å². The lowest BCUT2D eigenvalue weighted by molar-refractivity contribution is 0.0939. The lowest BCUT2D eigenvalue weighted by Gasteiger charge is -2.14. The Bertz CT molecular complexity index is 646. The summed E-state index contributed by atoms with van der Waals surface area (Å²) in [6.07, 6.45) is 1.76. The maximum Gasteiger partial charge on any atom is 0.252 e. The molecule has 1 heterocycles. The van der Waals surface area contributed by atoms with E-state index in [1.807, 2.05) is 0 Å². The quantitative estimate of drug-likeness (QED) is 0.894. The van der Waals surface area contributed by atoms with Crippen LogP contribution in [-0.4, -0.2) is 16.9 Å². The second-order valence-corrected chi connectivity index (χ2v) is 4.61. The van der Waals surface area contributed by atoms with Crippen molar-refractivity contribution >= 4 is 5.91 Å². The zero-order chi connectivity index (χ0) is 14.5. The maximum atomic E-state index is 13.5. The molecule has 0 bridgehead atoms. The van der Waals surface area contributed by atoms with E-state index in [-0.39, 0.29) is 23.3 Å². The molecule has 2 rings (SSSR count). The van der Waals surface area contributed by atoms with Gasteiger partial charge in [-0.25, -0.2) is 4.39 Å². The standard InChI is InChI=1S/C15H15FN2O2/c1-10(8-11-4-2-3-5-13(11)16)18-15(20)12-6-7-14(19)17-9-12/h2-7,9-10H,8H2,1H3,(H,17,19)(H,18,20)/t10-/m1/s1. The Morgan fingerprint density at radius 1 is 1.30 bits per heavy atom. The number of hydrogen-bond donors (Lipinski definition) is 2. The van der Waals surface area contributed by atoms with Gasteiger partial charge in [0.2, 0.25) is 5.56 Å². The van der Waals surface area contributed by atoms with E-state index in [1.165, 1.54) is 24.4 Å². The highest BCUT2D eigenvalue weighted by Gasteiger charge is 2.12. The van der Waals surface area contributed by atoms with Gasteiger partial charge in [0.1, 0.15) is 5.82 Å². The van der Waals surface area contributed by atoms with Gasteiger partial charge >= 0.3 is 0 Å². The highest BCUT2D eigenvalue weighted by atomic mass is 19.1. The molecule has 2 N–H and O–H groups in total. The molecule has 20 heavy (non-hydrogen) atoms. The maximum absolute atomic E-state index is 13.5. The first-order chi connectivity index (χ1) is 9.56. The van der Waals surface area contributed by atoms with Crippen LogP contribution in [0.5, 0.6) is 0 Å². The molecule has 0 saturated carbocycles. The van der Waals surface area contributed by atoms with Gasteiger partial charge in [0.15, 0.2) is 0 Å². The molecule has 0 unspecified atom stereocenters. The molecule has 0 spiro atoms. The Morgan fingerprint density at radius 3 is 2.70 bits per heavy atom. The molecule has 1 aromatic carbocycles. The number of H-pyrrole nitrogens is 1. The third kappa shape index (κ3) is 3.54. The average molecular weight is 274 g/mol. The molecule has 4 nitrogen and oxygen atoms in total. The van der Waals surface area contributed by atoms with E-state index in [4.69, 9.17) is 0 Å². The lowest BCUT2D eigenvalue weighted by atomic mass is 10.1. The summed E-state index contributed by atoms with van der Waals surface area (Å²) in [5.74, 6) is -0.581. The van der Waals surface area contributed by atoms with E-state index in [9.17, 15) is 14.0 Å². The second-order valence-electron chi connectivity index (χ2n) is 4.61. The highest BCUT2D eigenvalue weighted by Crippen LogP contribution is 2.09. The largest absolute Gasteiger partial charge is 0.349 e. The molecular weight excluding hydrogens is 259 g/mol. The van der Waals surface area contributed by atoms with Crippen LogP contribution in [0.4, 0.5) is 4.39 Å². The predicted octanol–water partition coefficient (Wildman–Crippen LogP) is 1.88. The average Bonchev–Trinajstić information content (AvgIpc) is 2.42. The SMILES string of the molecule is C[C@H](Cc1ccccc1F)NC(=O)c1ccc(=O)[nH]c1. The topological polar surface area (TPSA) is 62.0 Å². The van der Waals surface area contributed by atoms with E-state index in [0.29, 0.717) is 17.5 Å². The second kappa shape index (κ2) is 6.14. The monoisotopic (exact) mass is 274 g/mol. The van der Waals surface area contributed by atoms with Gasteiger partial charge in [-0.2, -0.15) is 0 Å². The van der Waals surface area contributed by atoms with Gasteiger partial charge in [-0.1, -0.05) is 18.2 Å². The van der Waals surface area contributed by atoms with Crippen molar-refractivity contribution in [1.82, 2.24) is 10.3 Å². The molecule has 104 valence electrons. The highest BCUT2D eigenvalue weighted by molar-refractivity contribution is 5.93. The van der Waals surface area contributed by atoms with Crippen molar-refractivity contribution < 1.29 is 9.18 Å². The van der Waals surface area contributed by atoms with Crippen molar-refractivity contribution in [2.24, 2.45) is 0 Å². The molecular formula is C15H15FN2O2. The van der Waals surface area contributed by atoms with E-state index < -0.39 is 0 Å². The van der Waals surface area contributed by atoms with Crippen molar-refractivity contribution in [3.63, 3.8) is 0 Å². The molecule has 2 aromatic rings.